The molecule has 0 bridgehead atoms. The van der Waals surface area contributed by atoms with Gasteiger partial charge in [-0.25, -0.2) is 0 Å². The fraction of sp³-hybridized carbons (Fsp3) is 0.333. The van der Waals surface area contributed by atoms with E-state index in [4.69, 9.17) is 9.47 Å². The standard InChI is InChI=1S/C18H21BrN2O2/c1-22-18-7-2-15(19)12-14(18)13-20-16-3-5-17(6-4-16)21-8-10-23-11-9-21/h2-7,12,20H,8-11,13H2,1H3. The van der Waals surface area contributed by atoms with Crippen molar-refractivity contribution in [3.05, 3.63) is 52.5 Å². The van der Waals surface area contributed by atoms with E-state index >= 15 is 0 Å². The molecule has 0 atom stereocenters. The molecule has 4 nitrogen and oxygen atoms in total. The molecule has 2 aromatic carbocycles. The summed E-state index contributed by atoms with van der Waals surface area (Å²) in [7, 11) is 1.70. The second kappa shape index (κ2) is 7.70. The van der Waals surface area contributed by atoms with E-state index in [1.54, 1.807) is 7.11 Å². The zero-order chi connectivity index (χ0) is 16.1. The fourth-order valence-electron chi connectivity index (χ4n) is 2.69. The number of rotatable bonds is 5. The van der Waals surface area contributed by atoms with Gasteiger partial charge in [0.2, 0.25) is 0 Å². The molecule has 23 heavy (non-hydrogen) atoms. The smallest absolute Gasteiger partial charge is 0.123 e. The maximum absolute atomic E-state index is 5.41. The Morgan fingerprint density at radius 3 is 2.57 bits per heavy atom. The lowest BCUT2D eigenvalue weighted by Crippen LogP contribution is -2.36. The first-order chi connectivity index (χ1) is 11.3. The summed E-state index contributed by atoms with van der Waals surface area (Å²) in [4.78, 5) is 2.35. The minimum absolute atomic E-state index is 0.722. The molecule has 1 fully saturated rings. The molecule has 1 aliphatic heterocycles. The topological polar surface area (TPSA) is 33.7 Å². The van der Waals surface area contributed by atoms with Crippen LogP contribution < -0.4 is 15.0 Å². The number of hydrogen-bond donors (Lipinski definition) is 1. The van der Waals surface area contributed by atoms with Crippen LogP contribution >= 0.6 is 15.9 Å². The lowest BCUT2D eigenvalue weighted by molar-refractivity contribution is 0.122. The molecule has 2 aromatic rings. The van der Waals surface area contributed by atoms with Crippen molar-refractivity contribution in [1.29, 1.82) is 0 Å². The summed E-state index contributed by atoms with van der Waals surface area (Å²) >= 11 is 3.51. The van der Waals surface area contributed by atoms with Gasteiger partial charge in [0.1, 0.15) is 5.75 Å². The third-order valence-electron chi connectivity index (χ3n) is 3.97. The van der Waals surface area contributed by atoms with Crippen molar-refractivity contribution in [2.24, 2.45) is 0 Å². The number of morpholine rings is 1. The molecule has 0 radical (unpaired) electrons. The van der Waals surface area contributed by atoms with Crippen molar-refractivity contribution in [3.8, 4) is 5.75 Å². The molecule has 0 unspecified atom stereocenters. The highest BCUT2D eigenvalue weighted by Gasteiger charge is 2.10. The van der Waals surface area contributed by atoms with Gasteiger partial charge in [-0.2, -0.15) is 0 Å². The van der Waals surface area contributed by atoms with Gasteiger partial charge in [0, 0.05) is 41.0 Å². The summed E-state index contributed by atoms with van der Waals surface area (Å²) in [6.07, 6.45) is 0. The van der Waals surface area contributed by atoms with Crippen molar-refractivity contribution in [2.75, 3.05) is 43.6 Å². The molecule has 1 heterocycles. The van der Waals surface area contributed by atoms with Crippen molar-refractivity contribution < 1.29 is 9.47 Å². The molecule has 0 spiro atoms. The number of ether oxygens (including phenoxy) is 2. The molecule has 1 aliphatic rings. The molecule has 0 aromatic heterocycles. The molecule has 0 amide bonds. The number of anilines is 2. The minimum Gasteiger partial charge on any atom is -0.496 e. The Hall–Kier alpha value is -1.72. The van der Waals surface area contributed by atoms with Gasteiger partial charge >= 0.3 is 0 Å². The summed E-state index contributed by atoms with van der Waals surface area (Å²) in [6.45, 7) is 4.26. The largest absolute Gasteiger partial charge is 0.496 e. The van der Waals surface area contributed by atoms with Crippen LogP contribution in [0.4, 0.5) is 11.4 Å². The van der Waals surface area contributed by atoms with Crippen LogP contribution in [0.25, 0.3) is 0 Å². The summed E-state index contributed by atoms with van der Waals surface area (Å²) in [5.74, 6) is 0.894. The van der Waals surface area contributed by atoms with E-state index in [1.165, 1.54) is 5.69 Å². The normalized spacial score (nSPS) is 14.6. The first-order valence-corrected chi connectivity index (χ1v) is 8.54. The average molecular weight is 377 g/mol. The van der Waals surface area contributed by atoms with Crippen molar-refractivity contribution in [2.45, 2.75) is 6.54 Å². The molecule has 0 aliphatic carbocycles. The number of hydrogen-bond acceptors (Lipinski definition) is 4. The van der Waals surface area contributed by atoms with E-state index in [2.05, 4.69) is 56.5 Å². The van der Waals surface area contributed by atoms with E-state index in [9.17, 15) is 0 Å². The highest BCUT2D eigenvalue weighted by molar-refractivity contribution is 9.10. The predicted octanol–water partition coefficient (Wildman–Crippen LogP) is 3.91. The maximum atomic E-state index is 5.41. The van der Waals surface area contributed by atoms with Crippen LogP contribution in [0.5, 0.6) is 5.75 Å². The SMILES string of the molecule is COc1ccc(Br)cc1CNc1ccc(N2CCOCC2)cc1. The van der Waals surface area contributed by atoms with Gasteiger partial charge in [0.25, 0.3) is 0 Å². The summed E-state index contributed by atoms with van der Waals surface area (Å²) in [5.41, 5.74) is 3.47. The molecule has 1 saturated heterocycles. The third kappa shape index (κ3) is 4.18. The average Bonchev–Trinajstić information content (AvgIpc) is 2.61. The van der Waals surface area contributed by atoms with E-state index in [1.807, 2.05) is 12.1 Å². The Balaban J connectivity index is 1.63. The first kappa shape index (κ1) is 16.1. The Labute approximate surface area is 145 Å². The van der Waals surface area contributed by atoms with Gasteiger partial charge in [-0.3, -0.25) is 0 Å². The second-order valence-electron chi connectivity index (χ2n) is 5.46. The molecule has 1 N–H and O–H groups in total. The Kier molecular flexibility index (Phi) is 5.41. The van der Waals surface area contributed by atoms with Crippen LogP contribution in [0, 0.1) is 0 Å². The number of halogens is 1. The van der Waals surface area contributed by atoms with Crippen LogP contribution in [-0.4, -0.2) is 33.4 Å². The van der Waals surface area contributed by atoms with Gasteiger partial charge in [-0.15, -0.1) is 0 Å². The first-order valence-electron chi connectivity index (χ1n) is 7.75. The van der Waals surface area contributed by atoms with Gasteiger partial charge < -0.3 is 19.7 Å². The molecule has 122 valence electrons. The van der Waals surface area contributed by atoms with Gasteiger partial charge in [0.15, 0.2) is 0 Å². The molecular weight excluding hydrogens is 356 g/mol. The Bertz CT molecular complexity index is 640. The summed E-state index contributed by atoms with van der Waals surface area (Å²) < 4.78 is 11.9. The summed E-state index contributed by atoms with van der Waals surface area (Å²) in [6, 6.07) is 14.6. The van der Waals surface area contributed by atoms with Gasteiger partial charge in [0.05, 0.1) is 20.3 Å². The predicted molar refractivity (Wildman–Crippen MR) is 97.5 cm³/mol. The van der Waals surface area contributed by atoms with E-state index < -0.39 is 0 Å². The van der Waals surface area contributed by atoms with E-state index in [-0.39, 0.29) is 0 Å². The number of nitrogens with zero attached hydrogens (tertiary/aromatic N) is 1. The molecule has 0 saturated carbocycles. The van der Waals surface area contributed by atoms with Crippen molar-refractivity contribution in [1.82, 2.24) is 0 Å². The minimum atomic E-state index is 0.722. The zero-order valence-corrected chi connectivity index (χ0v) is 14.8. The Morgan fingerprint density at radius 2 is 1.87 bits per heavy atom. The van der Waals surface area contributed by atoms with Crippen LogP contribution in [-0.2, 0) is 11.3 Å². The maximum Gasteiger partial charge on any atom is 0.123 e. The van der Waals surface area contributed by atoms with E-state index in [0.717, 1.165) is 54.3 Å². The van der Waals surface area contributed by atoms with Gasteiger partial charge in [-0.1, -0.05) is 15.9 Å². The van der Waals surface area contributed by atoms with Crippen LogP contribution in [0.15, 0.2) is 46.9 Å². The van der Waals surface area contributed by atoms with E-state index in [0.29, 0.717) is 0 Å². The number of benzene rings is 2. The van der Waals surface area contributed by atoms with Crippen LogP contribution in [0.1, 0.15) is 5.56 Å². The highest BCUT2D eigenvalue weighted by Crippen LogP contribution is 2.25. The number of nitrogens with one attached hydrogen (secondary N) is 1. The number of methoxy groups -OCH3 is 1. The Morgan fingerprint density at radius 1 is 1.13 bits per heavy atom. The lowest BCUT2D eigenvalue weighted by Gasteiger charge is -2.29. The lowest BCUT2D eigenvalue weighted by atomic mass is 10.2. The fourth-order valence-corrected chi connectivity index (χ4v) is 3.10. The summed E-state index contributed by atoms with van der Waals surface area (Å²) in [5, 5.41) is 3.45. The zero-order valence-electron chi connectivity index (χ0n) is 13.2. The van der Waals surface area contributed by atoms with Crippen molar-refractivity contribution in [3.63, 3.8) is 0 Å². The van der Waals surface area contributed by atoms with Crippen molar-refractivity contribution >= 4 is 27.3 Å². The second-order valence-corrected chi connectivity index (χ2v) is 6.37. The van der Waals surface area contributed by atoms with Gasteiger partial charge in [-0.05, 0) is 42.5 Å². The molecular formula is C18H21BrN2O2. The third-order valence-corrected chi connectivity index (χ3v) is 4.46. The monoisotopic (exact) mass is 376 g/mol. The van der Waals surface area contributed by atoms with Crippen LogP contribution in [0.2, 0.25) is 0 Å². The quantitative estimate of drug-likeness (QED) is 0.857. The molecule has 3 rings (SSSR count). The van der Waals surface area contributed by atoms with Crippen LogP contribution in [0.3, 0.4) is 0 Å². The highest BCUT2D eigenvalue weighted by atomic mass is 79.9. The molecule has 5 heteroatoms.